The largest absolute Gasteiger partial charge is 0.495 e. The number of hydrogen-bond acceptors (Lipinski definition) is 6. The Morgan fingerprint density at radius 3 is 2.80 bits per heavy atom. The molecule has 30 heavy (non-hydrogen) atoms. The van der Waals surface area contributed by atoms with Crippen molar-refractivity contribution in [3.63, 3.8) is 0 Å². The lowest BCUT2D eigenvalue weighted by Gasteiger charge is -2.21. The molecule has 7 nitrogen and oxygen atoms in total. The van der Waals surface area contributed by atoms with E-state index >= 15 is 0 Å². The van der Waals surface area contributed by atoms with Crippen molar-refractivity contribution in [1.29, 1.82) is 0 Å². The second-order valence-corrected chi connectivity index (χ2v) is 7.32. The van der Waals surface area contributed by atoms with Crippen molar-refractivity contribution >= 4 is 17.3 Å². The van der Waals surface area contributed by atoms with Crippen LogP contribution in [0.1, 0.15) is 37.3 Å². The number of halogens is 1. The highest BCUT2D eigenvalue weighted by Gasteiger charge is 2.25. The summed E-state index contributed by atoms with van der Waals surface area (Å²) >= 11 is 0. The minimum Gasteiger partial charge on any atom is -0.495 e. The first-order valence-electron chi connectivity index (χ1n) is 9.81. The van der Waals surface area contributed by atoms with Crippen molar-refractivity contribution in [2.75, 3.05) is 23.9 Å². The third kappa shape index (κ3) is 3.85. The Morgan fingerprint density at radius 2 is 2.10 bits per heavy atom. The summed E-state index contributed by atoms with van der Waals surface area (Å²) in [4.78, 5) is 18.3. The fraction of sp³-hybridized carbons (Fsp3) is 0.318. The smallest absolute Gasteiger partial charge is 0.249 e. The number of nitrogens with zero attached hydrogens (tertiary/aromatic N) is 3. The molecule has 0 unspecified atom stereocenters. The van der Waals surface area contributed by atoms with E-state index in [-0.39, 0.29) is 17.8 Å². The molecule has 0 bridgehead atoms. The van der Waals surface area contributed by atoms with Gasteiger partial charge in [-0.25, -0.2) is 4.39 Å². The van der Waals surface area contributed by atoms with Crippen molar-refractivity contribution < 1.29 is 18.4 Å². The lowest BCUT2D eigenvalue weighted by atomic mass is 10.1. The highest BCUT2D eigenvalue weighted by molar-refractivity contribution is 5.97. The highest BCUT2D eigenvalue weighted by atomic mass is 19.1. The van der Waals surface area contributed by atoms with Gasteiger partial charge in [-0.1, -0.05) is 17.3 Å². The van der Waals surface area contributed by atoms with Gasteiger partial charge >= 0.3 is 0 Å². The standard InChI is InChI=1S/C22H23FN4O3/c1-13-6-7-15(11-17(13)23)21-25-22(30-26-21)14(2)24-16-8-9-19(29-3)18(12-16)27-10-4-5-20(27)28/h6-9,11-12,14,24H,4-5,10H2,1-3H3/t14-/m1/s1. The number of rotatable bonds is 6. The number of carbonyl (C=O) groups is 1. The predicted molar refractivity (Wildman–Crippen MR) is 111 cm³/mol. The van der Waals surface area contributed by atoms with E-state index in [4.69, 9.17) is 9.26 Å². The number of aromatic nitrogens is 2. The van der Waals surface area contributed by atoms with Crippen LogP contribution in [-0.4, -0.2) is 29.7 Å². The number of methoxy groups -OCH3 is 1. The Hall–Kier alpha value is -3.42. The van der Waals surface area contributed by atoms with Gasteiger partial charge in [-0.15, -0.1) is 0 Å². The third-order valence-corrected chi connectivity index (χ3v) is 5.17. The molecule has 3 aromatic rings. The summed E-state index contributed by atoms with van der Waals surface area (Å²) in [5.74, 6) is 1.12. The van der Waals surface area contributed by atoms with Crippen LogP contribution in [0.25, 0.3) is 11.4 Å². The van der Waals surface area contributed by atoms with E-state index in [9.17, 15) is 9.18 Å². The Labute approximate surface area is 173 Å². The van der Waals surface area contributed by atoms with E-state index in [0.717, 1.165) is 17.8 Å². The van der Waals surface area contributed by atoms with Gasteiger partial charge in [-0.2, -0.15) is 4.98 Å². The lowest BCUT2D eigenvalue weighted by molar-refractivity contribution is -0.117. The Morgan fingerprint density at radius 1 is 1.27 bits per heavy atom. The second-order valence-electron chi connectivity index (χ2n) is 7.32. The van der Waals surface area contributed by atoms with Crippen LogP contribution in [0.5, 0.6) is 5.75 Å². The molecule has 1 saturated heterocycles. The molecule has 1 N–H and O–H groups in total. The van der Waals surface area contributed by atoms with E-state index in [1.165, 1.54) is 6.07 Å². The molecule has 1 fully saturated rings. The van der Waals surface area contributed by atoms with Gasteiger partial charge in [0.15, 0.2) is 0 Å². The zero-order valence-corrected chi connectivity index (χ0v) is 17.1. The fourth-order valence-corrected chi connectivity index (χ4v) is 3.47. The van der Waals surface area contributed by atoms with Gasteiger partial charge in [0.2, 0.25) is 17.6 Å². The number of amides is 1. The zero-order chi connectivity index (χ0) is 21.3. The fourth-order valence-electron chi connectivity index (χ4n) is 3.47. The maximum Gasteiger partial charge on any atom is 0.249 e. The predicted octanol–water partition coefficient (Wildman–Crippen LogP) is 4.49. The first kappa shape index (κ1) is 19.9. The van der Waals surface area contributed by atoms with Gasteiger partial charge in [0.25, 0.3) is 0 Å². The lowest BCUT2D eigenvalue weighted by Crippen LogP contribution is -2.24. The molecule has 4 rings (SSSR count). The molecule has 8 heteroatoms. The summed E-state index contributed by atoms with van der Waals surface area (Å²) in [7, 11) is 1.59. The van der Waals surface area contributed by atoms with E-state index in [0.29, 0.717) is 41.6 Å². The molecule has 0 aliphatic carbocycles. The summed E-state index contributed by atoms with van der Waals surface area (Å²) < 4.78 is 24.6. The van der Waals surface area contributed by atoms with Crippen LogP contribution in [0.3, 0.4) is 0 Å². The molecule has 2 aromatic carbocycles. The molecule has 0 saturated carbocycles. The van der Waals surface area contributed by atoms with Crippen LogP contribution in [0.2, 0.25) is 0 Å². The molecular weight excluding hydrogens is 387 g/mol. The number of aryl methyl sites for hydroxylation is 1. The average molecular weight is 410 g/mol. The Bertz CT molecular complexity index is 1080. The van der Waals surface area contributed by atoms with Crippen molar-refractivity contribution in [2.24, 2.45) is 0 Å². The van der Waals surface area contributed by atoms with Crippen molar-refractivity contribution in [3.05, 3.63) is 53.7 Å². The molecule has 1 aromatic heterocycles. The van der Waals surface area contributed by atoms with Crippen LogP contribution in [-0.2, 0) is 4.79 Å². The topological polar surface area (TPSA) is 80.5 Å². The Balaban J connectivity index is 1.54. The molecule has 0 radical (unpaired) electrons. The quantitative estimate of drug-likeness (QED) is 0.645. The molecular formula is C22H23FN4O3. The Kier molecular flexibility index (Phi) is 5.39. The summed E-state index contributed by atoms with van der Waals surface area (Å²) in [5.41, 5.74) is 2.64. The number of anilines is 2. The van der Waals surface area contributed by atoms with Crippen LogP contribution in [0, 0.1) is 12.7 Å². The summed E-state index contributed by atoms with van der Waals surface area (Å²) in [6.07, 6.45) is 1.38. The van der Waals surface area contributed by atoms with Crippen molar-refractivity contribution in [1.82, 2.24) is 10.1 Å². The van der Waals surface area contributed by atoms with Crippen molar-refractivity contribution in [3.8, 4) is 17.1 Å². The first-order chi connectivity index (χ1) is 14.5. The van der Waals surface area contributed by atoms with Crippen LogP contribution in [0.4, 0.5) is 15.8 Å². The average Bonchev–Trinajstić information content (AvgIpc) is 3.39. The molecule has 1 aliphatic heterocycles. The first-order valence-corrected chi connectivity index (χ1v) is 9.81. The normalized spacial score (nSPS) is 14.8. The third-order valence-electron chi connectivity index (χ3n) is 5.17. The summed E-state index contributed by atoms with van der Waals surface area (Å²) in [6, 6.07) is 10.1. The highest BCUT2D eigenvalue weighted by Crippen LogP contribution is 2.35. The van der Waals surface area contributed by atoms with Gasteiger partial charge in [-0.05, 0) is 50.1 Å². The van der Waals surface area contributed by atoms with E-state index < -0.39 is 0 Å². The zero-order valence-electron chi connectivity index (χ0n) is 17.1. The maximum atomic E-state index is 13.8. The van der Waals surface area contributed by atoms with Crippen molar-refractivity contribution in [2.45, 2.75) is 32.7 Å². The van der Waals surface area contributed by atoms with Crippen LogP contribution >= 0.6 is 0 Å². The van der Waals surface area contributed by atoms with E-state index in [1.807, 2.05) is 25.1 Å². The number of hydrogen-bond donors (Lipinski definition) is 1. The molecule has 156 valence electrons. The number of benzene rings is 2. The summed E-state index contributed by atoms with van der Waals surface area (Å²) in [5, 5.41) is 7.28. The minimum atomic E-state index is -0.313. The van der Waals surface area contributed by atoms with E-state index in [1.54, 1.807) is 31.1 Å². The molecule has 1 aliphatic rings. The van der Waals surface area contributed by atoms with Gasteiger partial charge in [0.05, 0.1) is 12.8 Å². The SMILES string of the molecule is COc1ccc(N[C@H](C)c2nc(-c3ccc(C)c(F)c3)no2)cc1N1CCCC1=O. The molecule has 2 heterocycles. The maximum absolute atomic E-state index is 13.8. The van der Waals surface area contributed by atoms with Crippen LogP contribution in [0.15, 0.2) is 40.9 Å². The van der Waals surface area contributed by atoms with Crippen LogP contribution < -0.4 is 15.0 Å². The molecule has 1 amide bonds. The molecule has 1 atom stereocenters. The van der Waals surface area contributed by atoms with Gasteiger partial charge in [0.1, 0.15) is 17.6 Å². The van der Waals surface area contributed by atoms with Gasteiger partial charge < -0.3 is 19.5 Å². The van der Waals surface area contributed by atoms with Gasteiger partial charge in [0, 0.05) is 24.2 Å². The van der Waals surface area contributed by atoms with E-state index in [2.05, 4.69) is 15.5 Å². The second kappa shape index (κ2) is 8.14. The number of ether oxygens (including phenoxy) is 1. The molecule has 0 spiro atoms. The minimum absolute atomic E-state index is 0.0883. The monoisotopic (exact) mass is 410 g/mol. The van der Waals surface area contributed by atoms with Gasteiger partial charge in [-0.3, -0.25) is 4.79 Å². The number of carbonyl (C=O) groups excluding carboxylic acids is 1. The number of nitrogens with one attached hydrogen (secondary N) is 1. The summed E-state index contributed by atoms with van der Waals surface area (Å²) in [6.45, 7) is 4.26.